The number of aryl methyl sites for hydroxylation is 2. The summed E-state index contributed by atoms with van der Waals surface area (Å²) in [4.78, 5) is 73.9. The average Bonchev–Trinajstić information content (AvgIpc) is 3.28. The monoisotopic (exact) mass is 872 g/mol. The minimum atomic E-state index is -1.65. The van der Waals surface area contributed by atoms with E-state index in [1.165, 1.54) is 52.0 Å². The maximum absolute atomic E-state index is 12.5. The molecule has 0 radical (unpaired) electrons. The SMILES string of the molecule is C=C(C)C(=O)OCc1cc(CCCOc2ccc(CCCCCC)cc2)ccc1-c1ccc(OCC(COC(=O)C(=C)C)(COC(=O)C(=O)OCC)COC(=O)C(=O)OCC)cc1. The van der Waals surface area contributed by atoms with Crippen LogP contribution in [0.4, 0.5) is 0 Å². The lowest BCUT2D eigenvalue weighted by atomic mass is 9.92. The van der Waals surface area contributed by atoms with E-state index in [2.05, 4.69) is 32.2 Å². The standard InChI is InChI=1S/C49H60O14/c1-8-11-12-13-15-36-17-22-40(23-18-36)58-27-14-16-37-19-26-42(39(28-37)29-59-43(50)34(4)5)38-20-24-41(25-21-38)60-30-49(31-61-44(51)35(6)7,32-62-47(54)45(52)56-9-2)33-63-48(55)46(53)57-10-3/h17-26,28H,4,6,8-16,27,29-33H2,1-3,5,7H3. The number of unbranched alkanes of at least 4 members (excludes halogenated alkanes) is 3. The molecule has 0 unspecified atom stereocenters. The van der Waals surface area contributed by atoms with Gasteiger partial charge in [0.25, 0.3) is 0 Å². The molecule has 0 atom stereocenters. The maximum Gasteiger partial charge on any atom is 0.417 e. The van der Waals surface area contributed by atoms with Gasteiger partial charge in [-0.05, 0) is 105 Å². The largest absolute Gasteiger partial charge is 0.494 e. The van der Waals surface area contributed by atoms with Crippen LogP contribution in [0.5, 0.6) is 11.5 Å². The molecule has 0 aliphatic carbocycles. The van der Waals surface area contributed by atoms with Crippen molar-refractivity contribution in [2.24, 2.45) is 5.41 Å². The Balaban J connectivity index is 1.80. The summed E-state index contributed by atoms with van der Waals surface area (Å²) in [5, 5.41) is 0. The lowest BCUT2D eigenvalue weighted by Crippen LogP contribution is -2.45. The molecule has 3 aromatic carbocycles. The number of carbonyl (C=O) groups is 6. The first-order valence-corrected chi connectivity index (χ1v) is 21.1. The van der Waals surface area contributed by atoms with Crippen LogP contribution in [-0.4, -0.2) is 82.1 Å². The lowest BCUT2D eigenvalue weighted by Gasteiger charge is -2.31. The first-order chi connectivity index (χ1) is 30.2. The molecular weight excluding hydrogens is 813 g/mol. The van der Waals surface area contributed by atoms with Crippen LogP contribution in [0.1, 0.15) is 83.4 Å². The predicted octanol–water partition coefficient (Wildman–Crippen LogP) is 7.80. The first kappa shape index (κ1) is 50.9. The molecule has 0 N–H and O–H groups in total. The molecule has 0 spiro atoms. The maximum atomic E-state index is 12.5. The highest BCUT2D eigenvalue weighted by Crippen LogP contribution is 2.30. The fourth-order valence-electron chi connectivity index (χ4n) is 5.94. The van der Waals surface area contributed by atoms with Crippen LogP contribution < -0.4 is 9.47 Å². The number of ether oxygens (including phenoxy) is 8. The highest BCUT2D eigenvalue weighted by Gasteiger charge is 2.39. The molecule has 0 fully saturated rings. The zero-order valence-electron chi connectivity index (χ0n) is 37.1. The lowest BCUT2D eigenvalue weighted by molar-refractivity contribution is -0.178. The number of esters is 6. The quantitative estimate of drug-likeness (QED) is 0.0251. The Hall–Kier alpha value is -6.44. The third kappa shape index (κ3) is 17.8. The first-order valence-electron chi connectivity index (χ1n) is 21.1. The van der Waals surface area contributed by atoms with Crippen molar-refractivity contribution in [3.8, 4) is 22.6 Å². The third-order valence-electron chi connectivity index (χ3n) is 9.47. The van der Waals surface area contributed by atoms with Gasteiger partial charge in [-0.2, -0.15) is 0 Å². The van der Waals surface area contributed by atoms with Crippen LogP contribution >= 0.6 is 0 Å². The van der Waals surface area contributed by atoms with Gasteiger partial charge in [0.1, 0.15) is 49.9 Å². The van der Waals surface area contributed by atoms with Crippen LogP contribution in [0.25, 0.3) is 11.1 Å². The minimum absolute atomic E-state index is 0.00509. The molecule has 3 aromatic rings. The molecule has 0 saturated carbocycles. The van der Waals surface area contributed by atoms with Gasteiger partial charge < -0.3 is 37.9 Å². The van der Waals surface area contributed by atoms with Crippen molar-refractivity contribution < 1.29 is 66.7 Å². The molecule has 3 rings (SSSR count). The summed E-state index contributed by atoms with van der Waals surface area (Å²) >= 11 is 0. The molecule has 0 aliphatic heterocycles. The van der Waals surface area contributed by atoms with Crippen LogP contribution in [0.3, 0.4) is 0 Å². The zero-order valence-corrected chi connectivity index (χ0v) is 37.1. The van der Waals surface area contributed by atoms with E-state index < -0.39 is 67.7 Å². The van der Waals surface area contributed by atoms with Crippen molar-refractivity contribution in [2.75, 3.05) is 46.2 Å². The van der Waals surface area contributed by atoms with Crippen molar-refractivity contribution in [3.05, 3.63) is 108 Å². The summed E-state index contributed by atoms with van der Waals surface area (Å²) in [6.07, 6.45) is 7.44. The zero-order chi connectivity index (χ0) is 46.2. The molecule has 340 valence electrons. The van der Waals surface area contributed by atoms with Crippen molar-refractivity contribution in [1.29, 1.82) is 0 Å². The second kappa shape index (κ2) is 26.8. The van der Waals surface area contributed by atoms with Crippen molar-refractivity contribution in [1.82, 2.24) is 0 Å². The smallest absolute Gasteiger partial charge is 0.417 e. The number of hydrogen-bond donors (Lipinski definition) is 0. The molecular formula is C49H60O14. The summed E-state index contributed by atoms with van der Waals surface area (Å²) in [6, 6.07) is 21.1. The second-order valence-electron chi connectivity index (χ2n) is 15.0. The van der Waals surface area contributed by atoms with Gasteiger partial charge >= 0.3 is 35.8 Å². The minimum Gasteiger partial charge on any atom is -0.494 e. The van der Waals surface area contributed by atoms with Crippen molar-refractivity contribution in [3.63, 3.8) is 0 Å². The van der Waals surface area contributed by atoms with Gasteiger partial charge in [-0.25, -0.2) is 28.8 Å². The number of hydrogen-bond acceptors (Lipinski definition) is 14. The highest BCUT2D eigenvalue weighted by molar-refractivity contribution is 6.30. The van der Waals surface area contributed by atoms with Gasteiger partial charge in [0.05, 0.1) is 19.8 Å². The fourth-order valence-corrected chi connectivity index (χ4v) is 5.94. The predicted molar refractivity (Wildman–Crippen MR) is 233 cm³/mol. The summed E-state index contributed by atoms with van der Waals surface area (Å²) in [5.41, 5.74) is 3.33. The molecule has 0 bridgehead atoms. The van der Waals surface area contributed by atoms with Crippen LogP contribution in [0, 0.1) is 5.41 Å². The molecule has 14 nitrogen and oxygen atoms in total. The molecule has 0 aliphatic rings. The van der Waals surface area contributed by atoms with E-state index in [0.29, 0.717) is 12.4 Å². The van der Waals surface area contributed by atoms with E-state index in [-0.39, 0.29) is 31.0 Å². The normalized spacial score (nSPS) is 10.8. The Labute approximate surface area is 369 Å². The van der Waals surface area contributed by atoms with Crippen molar-refractivity contribution >= 4 is 35.8 Å². The van der Waals surface area contributed by atoms with E-state index in [9.17, 15) is 28.8 Å². The summed E-state index contributed by atoms with van der Waals surface area (Å²) < 4.78 is 42.9. The number of rotatable bonds is 26. The molecule has 0 saturated heterocycles. The fraction of sp³-hybridized carbons (Fsp3) is 0.429. The molecule has 0 heterocycles. The van der Waals surface area contributed by atoms with Crippen molar-refractivity contribution in [2.45, 2.75) is 86.2 Å². The van der Waals surface area contributed by atoms with Gasteiger partial charge in [-0.15, -0.1) is 0 Å². The van der Waals surface area contributed by atoms with E-state index in [4.69, 9.17) is 37.9 Å². The molecule has 0 amide bonds. The second-order valence-corrected chi connectivity index (χ2v) is 15.0. The van der Waals surface area contributed by atoms with Crippen LogP contribution in [0.2, 0.25) is 0 Å². The number of benzene rings is 3. The topological polar surface area (TPSA) is 176 Å². The Morgan fingerprint density at radius 2 is 1.00 bits per heavy atom. The van der Waals surface area contributed by atoms with Gasteiger partial charge in [-0.1, -0.05) is 81.8 Å². The van der Waals surface area contributed by atoms with E-state index in [0.717, 1.165) is 47.3 Å². The van der Waals surface area contributed by atoms with Gasteiger partial charge in [0, 0.05) is 11.1 Å². The summed E-state index contributed by atoms with van der Waals surface area (Å²) in [6.45, 7) is 13.5. The van der Waals surface area contributed by atoms with Gasteiger partial charge in [-0.3, -0.25) is 0 Å². The Kier molecular flexibility index (Phi) is 21.7. The molecule has 63 heavy (non-hydrogen) atoms. The average molecular weight is 873 g/mol. The summed E-state index contributed by atoms with van der Waals surface area (Å²) in [7, 11) is 0. The van der Waals surface area contributed by atoms with E-state index >= 15 is 0 Å². The van der Waals surface area contributed by atoms with Gasteiger partial charge in [0.2, 0.25) is 0 Å². The Bertz CT molecular complexity index is 1980. The molecule has 0 aromatic heterocycles. The third-order valence-corrected chi connectivity index (χ3v) is 9.47. The van der Waals surface area contributed by atoms with Crippen LogP contribution in [-0.2, 0) is 76.6 Å². The summed E-state index contributed by atoms with van der Waals surface area (Å²) in [5.74, 6) is -5.45. The molecule has 14 heteroatoms. The Morgan fingerprint density at radius 1 is 0.508 bits per heavy atom. The Morgan fingerprint density at radius 3 is 1.56 bits per heavy atom. The number of carbonyl (C=O) groups excluding carboxylic acids is 6. The van der Waals surface area contributed by atoms with E-state index in [1.807, 2.05) is 30.3 Å². The highest BCUT2D eigenvalue weighted by atomic mass is 16.6. The van der Waals surface area contributed by atoms with E-state index in [1.54, 1.807) is 31.2 Å². The van der Waals surface area contributed by atoms with Crippen LogP contribution in [0.15, 0.2) is 91.0 Å². The van der Waals surface area contributed by atoms with Gasteiger partial charge in [0.15, 0.2) is 0 Å².